The molecule has 3 rings (SSSR count). The van der Waals surface area contributed by atoms with Gasteiger partial charge in [-0.3, -0.25) is 4.90 Å². The first-order valence-corrected chi connectivity index (χ1v) is 11.5. The monoisotopic (exact) mass is 397 g/mol. The number of nitrogens with zero attached hydrogens (tertiary/aromatic N) is 2. The lowest BCUT2D eigenvalue weighted by Crippen LogP contribution is -2.44. The smallest absolute Gasteiger partial charge is 0.123 e. The molecule has 1 heterocycles. The van der Waals surface area contributed by atoms with Gasteiger partial charge in [0.15, 0.2) is 0 Å². The van der Waals surface area contributed by atoms with Gasteiger partial charge >= 0.3 is 0 Å². The fraction of sp³-hybridized carbons (Fsp3) is 0.680. The fourth-order valence-electron chi connectivity index (χ4n) is 4.97. The van der Waals surface area contributed by atoms with Gasteiger partial charge in [0.1, 0.15) is 5.75 Å². The van der Waals surface area contributed by atoms with E-state index in [0.29, 0.717) is 11.8 Å². The van der Waals surface area contributed by atoms with E-state index in [-0.39, 0.29) is 5.54 Å². The number of phenols is 1. The molecule has 4 nitrogen and oxygen atoms in total. The Kier molecular flexibility index (Phi) is 7.62. The molecule has 1 aromatic rings. The number of piperidine rings is 1. The highest BCUT2D eigenvalue weighted by Crippen LogP contribution is 2.28. The van der Waals surface area contributed by atoms with Gasteiger partial charge in [-0.25, -0.2) is 0 Å². The number of likely N-dealkylation sites (tertiary alicyclic amines) is 1. The van der Waals surface area contributed by atoms with Gasteiger partial charge in [0.05, 0.1) is 5.54 Å². The zero-order valence-electron chi connectivity index (χ0n) is 18.6. The maximum Gasteiger partial charge on any atom is 0.123 e. The lowest BCUT2D eigenvalue weighted by atomic mass is 9.83. The Morgan fingerprint density at radius 2 is 1.79 bits per heavy atom. The molecule has 2 fully saturated rings. The molecule has 0 bridgehead atoms. The second-order valence-corrected chi connectivity index (χ2v) is 9.00. The summed E-state index contributed by atoms with van der Waals surface area (Å²) in [4.78, 5) is 5.04. The zero-order chi connectivity index (χ0) is 20.9. The van der Waals surface area contributed by atoms with Crippen molar-refractivity contribution in [3.63, 3.8) is 0 Å². The highest BCUT2D eigenvalue weighted by molar-refractivity contribution is 5.49. The molecule has 4 heteroatoms. The van der Waals surface area contributed by atoms with Crippen LogP contribution in [0.25, 0.3) is 0 Å². The predicted octanol–water partition coefficient (Wildman–Crippen LogP) is 4.02. The molecule has 1 aliphatic heterocycles. The van der Waals surface area contributed by atoms with Gasteiger partial charge in [0.2, 0.25) is 0 Å². The summed E-state index contributed by atoms with van der Waals surface area (Å²) in [5.41, 5.74) is 9.02. The summed E-state index contributed by atoms with van der Waals surface area (Å²) >= 11 is 0. The Morgan fingerprint density at radius 3 is 2.41 bits per heavy atom. The lowest BCUT2D eigenvalue weighted by molar-refractivity contribution is 0.112. The van der Waals surface area contributed by atoms with Crippen molar-refractivity contribution in [1.82, 2.24) is 9.80 Å². The first kappa shape index (κ1) is 22.2. The van der Waals surface area contributed by atoms with E-state index in [1.165, 1.54) is 32.1 Å². The van der Waals surface area contributed by atoms with Crippen molar-refractivity contribution in [2.24, 2.45) is 5.73 Å². The number of nitrogens with two attached hydrogens (primary N) is 1. The number of hydrogen-bond acceptors (Lipinski definition) is 4. The summed E-state index contributed by atoms with van der Waals surface area (Å²) in [6.07, 6.45) is 8.01. The molecular weight excluding hydrogens is 358 g/mol. The van der Waals surface area contributed by atoms with Crippen LogP contribution in [-0.2, 0) is 6.54 Å². The van der Waals surface area contributed by atoms with Gasteiger partial charge in [-0.2, -0.15) is 0 Å². The molecule has 0 aromatic heterocycles. The van der Waals surface area contributed by atoms with Crippen LogP contribution in [-0.4, -0.2) is 52.7 Å². The predicted molar refractivity (Wildman–Crippen MR) is 121 cm³/mol. The van der Waals surface area contributed by atoms with Crippen LogP contribution in [0.4, 0.5) is 0 Å². The molecule has 2 aliphatic rings. The van der Waals surface area contributed by atoms with Crippen LogP contribution >= 0.6 is 0 Å². The largest absolute Gasteiger partial charge is 0.507 e. The number of rotatable bonds is 5. The number of aryl methyl sites for hydroxylation is 1. The van der Waals surface area contributed by atoms with E-state index in [1.807, 2.05) is 13.0 Å². The molecule has 0 spiro atoms. The van der Waals surface area contributed by atoms with Crippen molar-refractivity contribution in [3.05, 3.63) is 28.8 Å². The second-order valence-electron chi connectivity index (χ2n) is 9.00. The van der Waals surface area contributed by atoms with Crippen molar-refractivity contribution in [2.45, 2.75) is 83.8 Å². The van der Waals surface area contributed by atoms with Gasteiger partial charge in [-0.05, 0) is 76.5 Å². The van der Waals surface area contributed by atoms with Gasteiger partial charge in [0, 0.05) is 23.7 Å². The summed E-state index contributed by atoms with van der Waals surface area (Å²) in [6.45, 7) is 11.7. The Morgan fingerprint density at radius 1 is 1.14 bits per heavy atom. The summed E-state index contributed by atoms with van der Waals surface area (Å²) in [5.74, 6) is 7.09. The minimum absolute atomic E-state index is 0.337. The Hall–Kier alpha value is -1.54. The van der Waals surface area contributed by atoms with Crippen LogP contribution in [0.3, 0.4) is 0 Å². The van der Waals surface area contributed by atoms with Crippen molar-refractivity contribution in [2.75, 3.05) is 26.2 Å². The lowest BCUT2D eigenvalue weighted by Gasteiger charge is -2.37. The highest BCUT2D eigenvalue weighted by atomic mass is 16.3. The maximum atomic E-state index is 10.6. The number of aromatic hydroxyl groups is 1. The molecule has 0 amide bonds. The zero-order valence-corrected chi connectivity index (χ0v) is 18.6. The molecule has 29 heavy (non-hydrogen) atoms. The summed E-state index contributed by atoms with van der Waals surface area (Å²) in [7, 11) is 0. The van der Waals surface area contributed by atoms with E-state index in [2.05, 4.69) is 41.6 Å². The average molecular weight is 398 g/mol. The van der Waals surface area contributed by atoms with E-state index in [1.54, 1.807) is 0 Å². The SMILES string of the molecule is CCN(CC)C1CCN(Cc2cc(C#CC3(N)CCCCC3)cc(C)c2O)CC1. The quantitative estimate of drug-likeness (QED) is 0.737. The number of hydrogen-bond donors (Lipinski definition) is 2. The third-order valence-electron chi connectivity index (χ3n) is 6.86. The van der Waals surface area contributed by atoms with Crippen LogP contribution in [0.1, 0.15) is 75.5 Å². The Bertz CT molecular complexity index is 730. The molecule has 1 aliphatic carbocycles. The maximum absolute atomic E-state index is 10.6. The van der Waals surface area contributed by atoms with E-state index in [4.69, 9.17) is 5.73 Å². The molecular formula is C25H39N3O. The van der Waals surface area contributed by atoms with E-state index in [9.17, 15) is 5.11 Å². The molecule has 1 aromatic carbocycles. The molecule has 1 saturated heterocycles. The Balaban J connectivity index is 1.67. The number of phenolic OH excluding ortho intramolecular Hbond substituents is 1. The minimum atomic E-state index is -0.337. The van der Waals surface area contributed by atoms with Crippen molar-refractivity contribution in [1.29, 1.82) is 0 Å². The van der Waals surface area contributed by atoms with Crippen LogP contribution in [0.2, 0.25) is 0 Å². The van der Waals surface area contributed by atoms with Gasteiger partial charge < -0.3 is 15.7 Å². The van der Waals surface area contributed by atoms with Crippen LogP contribution in [0, 0.1) is 18.8 Å². The van der Waals surface area contributed by atoms with E-state index in [0.717, 1.165) is 62.3 Å². The third-order valence-corrected chi connectivity index (χ3v) is 6.86. The average Bonchev–Trinajstić information content (AvgIpc) is 2.73. The highest BCUT2D eigenvalue weighted by Gasteiger charge is 2.25. The fourth-order valence-corrected chi connectivity index (χ4v) is 4.97. The minimum Gasteiger partial charge on any atom is -0.507 e. The van der Waals surface area contributed by atoms with Crippen LogP contribution in [0.5, 0.6) is 5.75 Å². The normalized spacial score (nSPS) is 20.4. The standard InChI is InChI=1S/C25H39N3O/c1-4-28(5-2)23-10-15-27(16-11-23)19-22-18-21(17-20(3)24(22)29)9-14-25(26)12-7-6-8-13-25/h17-18,23,29H,4-8,10-13,15-16,19,26H2,1-3H3. The van der Waals surface area contributed by atoms with Crippen molar-refractivity contribution in [3.8, 4) is 17.6 Å². The third kappa shape index (κ3) is 5.75. The van der Waals surface area contributed by atoms with Gasteiger partial charge in [0.25, 0.3) is 0 Å². The van der Waals surface area contributed by atoms with Gasteiger partial charge in [-0.1, -0.05) is 45.0 Å². The molecule has 0 atom stereocenters. The molecule has 3 N–H and O–H groups in total. The van der Waals surface area contributed by atoms with Crippen molar-refractivity contribution >= 4 is 0 Å². The van der Waals surface area contributed by atoms with E-state index < -0.39 is 0 Å². The summed E-state index contributed by atoms with van der Waals surface area (Å²) in [6, 6.07) is 4.76. The van der Waals surface area contributed by atoms with Crippen LogP contribution in [0.15, 0.2) is 12.1 Å². The summed E-state index contributed by atoms with van der Waals surface area (Å²) < 4.78 is 0. The Labute approximate surface area is 177 Å². The first-order valence-electron chi connectivity index (χ1n) is 11.5. The molecule has 1 saturated carbocycles. The van der Waals surface area contributed by atoms with Crippen molar-refractivity contribution < 1.29 is 5.11 Å². The van der Waals surface area contributed by atoms with Crippen LogP contribution < -0.4 is 5.73 Å². The van der Waals surface area contributed by atoms with E-state index >= 15 is 0 Å². The second kappa shape index (κ2) is 9.98. The number of benzene rings is 1. The first-order chi connectivity index (χ1) is 13.9. The molecule has 160 valence electrons. The topological polar surface area (TPSA) is 52.7 Å². The van der Waals surface area contributed by atoms with Gasteiger partial charge in [-0.15, -0.1) is 0 Å². The summed E-state index contributed by atoms with van der Waals surface area (Å²) in [5, 5.41) is 10.6. The molecule has 0 unspecified atom stereocenters. The molecule has 0 radical (unpaired) electrons.